The van der Waals surface area contributed by atoms with Crippen molar-refractivity contribution in [3.63, 3.8) is 0 Å². The van der Waals surface area contributed by atoms with Gasteiger partial charge < -0.3 is 19.3 Å². The van der Waals surface area contributed by atoms with Crippen molar-refractivity contribution in [2.75, 3.05) is 21.3 Å². The maximum absolute atomic E-state index is 11.3. The molecule has 7 heteroatoms. The van der Waals surface area contributed by atoms with Crippen LogP contribution in [-0.4, -0.2) is 43.4 Å². The number of carbonyl (C=O) groups is 2. The Morgan fingerprint density at radius 3 is 2.39 bits per heavy atom. The van der Waals surface area contributed by atoms with E-state index in [-0.39, 0.29) is 24.8 Å². The van der Waals surface area contributed by atoms with E-state index in [1.54, 1.807) is 12.1 Å². The number of pyridine rings is 1. The molecule has 0 aromatic carbocycles. The quantitative estimate of drug-likeness (QED) is 0.689. The first-order valence-corrected chi connectivity index (χ1v) is 7.37. The number of rotatable bonds is 9. The van der Waals surface area contributed by atoms with Gasteiger partial charge in [0.25, 0.3) is 0 Å². The molecule has 0 unspecified atom stereocenters. The second kappa shape index (κ2) is 9.78. The van der Waals surface area contributed by atoms with Crippen LogP contribution in [0, 0.1) is 0 Å². The molecule has 23 heavy (non-hydrogen) atoms. The Balaban J connectivity index is 2.71. The maximum atomic E-state index is 11.3. The summed E-state index contributed by atoms with van der Waals surface area (Å²) in [6, 6.07) is 3.38. The molecule has 1 atom stereocenters. The van der Waals surface area contributed by atoms with Crippen molar-refractivity contribution in [3.8, 4) is 5.75 Å². The number of methoxy groups -OCH3 is 3. The van der Waals surface area contributed by atoms with E-state index in [4.69, 9.17) is 4.74 Å². The van der Waals surface area contributed by atoms with Gasteiger partial charge in [0.2, 0.25) is 0 Å². The lowest BCUT2D eigenvalue weighted by atomic mass is 10.1. The molecule has 0 saturated heterocycles. The van der Waals surface area contributed by atoms with E-state index in [9.17, 15) is 14.7 Å². The standard InChI is InChI=1S/C16H23NO6/c1-21-14-9-7-11(13(18)5-4-6-15(19)22-2)17-12(14)8-10-16(20)23-3/h7,9,13,18H,4-6,8,10H2,1-3H3/t13-/m0/s1. The largest absolute Gasteiger partial charge is 0.495 e. The molecule has 0 amide bonds. The van der Waals surface area contributed by atoms with E-state index >= 15 is 0 Å². The van der Waals surface area contributed by atoms with Gasteiger partial charge in [0.1, 0.15) is 5.75 Å². The van der Waals surface area contributed by atoms with Gasteiger partial charge in [0.15, 0.2) is 0 Å². The molecular formula is C16H23NO6. The van der Waals surface area contributed by atoms with Gasteiger partial charge in [0, 0.05) is 12.8 Å². The van der Waals surface area contributed by atoms with Gasteiger partial charge in [-0.1, -0.05) is 0 Å². The summed E-state index contributed by atoms with van der Waals surface area (Å²) in [4.78, 5) is 26.7. The van der Waals surface area contributed by atoms with Crippen molar-refractivity contribution in [2.24, 2.45) is 0 Å². The number of nitrogens with zero attached hydrogens (tertiary/aromatic N) is 1. The number of esters is 2. The average Bonchev–Trinajstić information content (AvgIpc) is 2.58. The Bertz CT molecular complexity index is 531. The molecule has 0 radical (unpaired) electrons. The minimum atomic E-state index is -0.789. The fraction of sp³-hybridized carbons (Fsp3) is 0.562. The molecule has 0 fully saturated rings. The van der Waals surface area contributed by atoms with Gasteiger partial charge in [-0.3, -0.25) is 14.6 Å². The third-order valence-corrected chi connectivity index (χ3v) is 3.40. The van der Waals surface area contributed by atoms with Crippen molar-refractivity contribution in [3.05, 3.63) is 23.5 Å². The molecule has 0 spiro atoms. The number of hydrogen-bond donors (Lipinski definition) is 1. The number of aromatic nitrogens is 1. The summed E-state index contributed by atoms with van der Waals surface area (Å²) in [6.45, 7) is 0. The van der Waals surface area contributed by atoms with Crippen LogP contribution >= 0.6 is 0 Å². The Labute approximate surface area is 135 Å². The zero-order valence-corrected chi connectivity index (χ0v) is 13.7. The zero-order chi connectivity index (χ0) is 17.2. The average molecular weight is 325 g/mol. The summed E-state index contributed by atoms with van der Waals surface area (Å²) in [7, 11) is 4.18. The maximum Gasteiger partial charge on any atom is 0.305 e. The van der Waals surface area contributed by atoms with Crippen molar-refractivity contribution in [1.82, 2.24) is 4.98 Å². The van der Waals surface area contributed by atoms with Crippen LogP contribution < -0.4 is 4.74 Å². The van der Waals surface area contributed by atoms with Gasteiger partial charge in [-0.25, -0.2) is 0 Å². The van der Waals surface area contributed by atoms with Gasteiger partial charge >= 0.3 is 11.9 Å². The van der Waals surface area contributed by atoms with E-state index in [0.717, 1.165) is 0 Å². The van der Waals surface area contributed by atoms with E-state index in [1.165, 1.54) is 21.3 Å². The van der Waals surface area contributed by atoms with Gasteiger partial charge in [0.05, 0.1) is 45.2 Å². The minimum absolute atomic E-state index is 0.182. The van der Waals surface area contributed by atoms with Crippen LogP contribution in [0.3, 0.4) is 0 Å². The van der Waals surface area contributed by atoms with E-state index in [2.05, 4.69) is 14.5 Å². The Morgan fingerprint density at radius 2 is 1.78 bits per heavy atom. The highest BCUT2D eigenvalue weighted by Gasteiger charge is 2.15. The number of ether oxygens (including phenoxy) is 3. The highest BCUT2D eigenvalue weighted by atomic mass is 16.5. The normalized spacial score (nSPS) is 11.7. The van der Waals surface area contributed by atoms with Crippen LogP contribution in [-0.2, 0) is 25.5 Å². The molecule has 128 valence electrons. The minimum Gasteiger partial charge on any atom is -0.495 e. The first-order chi connectivity index (χ1) is 11.0. The number of hydrogen-bond acceptors (Lipinski definition) is 7. The van der Waals surface area contributed by atoms with E-state index < -0.39 is 6.10 Å². The molecule has 0 aliphatic rings. The first kappa shape index (κ1) is 18.9. The monoisotopic (exact) mass is 325 g/mol. The van der Waals surface area contributed by atoms with Crippen molar-refractivity contribution in [1.29, 1.82) is 0 Å². The summed E-state index contributed by atoms with van der Waals surface area (Å²) >= 11 is 0. The molecule has 0 aliphatic heterocycles. The van der Waals surface area contributed by atoms with Crippen LogP contribution in [0.25, 0.3) is 0 Å². The van der Waals surface area contributed by atoms with Crippen LogP contribution in [0.2, 0.25) is 0 Å². The molecule has 1 aromatic heterocycles. The molecule has 1 heterocycles. The second-order valence-electron chi connectivity index (χ2n) is 4.95. The molecule has 0 aliphatic carbocycles. The molecule has 1 aromatic rings. The lowest BCUT2D eigenvalue weighted by molar-refractivity contribution is -0.141. The second-order valence-corrected chi connectivity index (χ2v) is 4.95. The van der Waals surface area contributed by atoms with Gasteiger partial charge in [-0.15, -0.1) is 0 Å². The fourth-order valence-electron chi connectivity index (χ4n) is 2.07. The zero-order valence-electron chi connectivity index (χ0n) is 13.7. The van der Waals surface area contributed by atoms with Gasteiger partial charge in [-0.2, -0.15) is 0 Å². The van der Waals surface area contributed by atoms with Crippen molar-refractivity contribution in [2.45, 2.75) is 38.2 Å². The summed E-state index contributed by atoms with van der Waals surface area (Å²) < 4.78 is 14.4. The lowest BCUT2D eigenvalue weighted by Gasteiger charge is -2.13. The Kier molecular flexibility index (Phi) is 8.04. The third kappa shape index (κ3) is 6.23. The molecular weight excluding hydrogens is 302 g/mol. The molecule has 1 rings (SSSR count). The van der Waals surface area contributed by atoms with Crippen LogP contribution in [0.5, 0.6) is 5.75 Å². The molecule has 1 N–H and O–H groups in total. The SMILES string of the molecule is COC(=O)CCC[C@H](O)c1ccc(OC)c(CCC(=O)OC)n1. The van der Waals surface area contributed by atoms with Gasteiger partial charge in [-0.05, 0) is 25.0 Å². The predicted octanol–water partition coefficient (Wildman–Crippen LogP) is 1.57. The highest BCUT2D eigenvalue weighted by Crippen LogP contribution is 2.24. The highest BCUT2D eigenvalue weighted by molar-refractivity contribution is 5.69. The van der Waals surface area contributed by atoms with Crippen LogP contribution in [0.15, 0.2) is 12.1 Å². The summed E-state index contributed by atoms with van der Waals surface area (Å²) in [5.41, 5.74) is 1.07. The fourth-order valence-corrected chi connectivity index (χ4v) is 2.07. The van der Waals surface area contributed by atoms with Crippen molar-refractivity contribution >= 4 is 11.9 Å². The van der Waals surface area contributed by atoms with E-state index in [1.807, 2.05) is 0 Å². The van der Waals surface area contributed by atoms with E-state index in [0.29, 0.717) is 36.4 Å². The number of aryl methyl sites for hydroxylation is 1. The summed E-state index contributed by atoms with van der Waals surface area (Å²) in [5.74, 6) is -0.0871. The third-order valence-electron chi connectivity index (χ3n) is 3.40. The number of aliphatic hydroxyl groups is 1. The molecule has 0 saturated carbocycles. The topological polar surface area (TPSA) is 95.0 Å². The Hall–Kier alpha value is -2.15. The smallest absolute Gasteiger partial charge is 0.305 e. The van der Waals surface area contributed by atoms with Crippen molar-refractivity contribution < 1.29 is 28.9 Å². The number of carbonyl (C=O) groups excluding carboxylic acids is 2. The predicted molar refractivity (Wildman–Crippen MR) is 82.0 cm³/mol. The first-order valence-electron chi connectivity index (χ1n) is 7.37. The summed E-state index contributed by atoms with van der Waals surface area (Å²) in [6.07, 6.45) is 0.894. The molecule has 0 bridgehead atoms. The lowest BCUT2D eigenvalue weighted by Crippen LogP contribution is -2.08. The summed E-state index contributed by atoms with van der Waals surface area (Å²) in [5, 5.41) is 10.2. The van der Waals surface area contributed by atoms with Crippen LogP contribution in [0.4, 0.5) is 0 Å². The Morgan fingerprint density at radius 1 is 1.13 bits per heavy atom. The molecule has 7 nitrogen and oxygen atoms in total. The van der Waals surface area contributed by atoms with Crippen LogP contribution in [0.1, 0.15) is 43.2 Å². The number of aliphatic hydroxyl groups excluding tert-OH is 1.